The van der Waals surface area contributed by atoms with Crippen molar-refractivity contribution in [1.29, 1.82) is 0 Å². The van der Waals surface area contributed by atoms with Crippen molar-refractivity contribution in [3.8, 4) is 0 Å². The van der Waals surface area contributed by atoms with Crippen LogP contribution in [-0.2, 0) is 9.59 Å². The van der Waals surface area contributed by atoms with Gasteiger partial charge in [-0.25, -0.2) is 0 Å². The molecular weight excluding hydrogens is 196 g/mol. The molecule has 1 fully saturated rings. The molecule has 6 heteroatoms. The molecule has 1 saturated carbocycles. The van der Waals surface area contributed by atoms with E-state index in [0.29, 0.717) is 4.90 Å². The van der Waals surface area contributed by atoms with Gasteiger partial charge in [-0.05, 0) is 18.8 Å². The third kappa shape index (κ3) is 3.27. The summed E-state index contributed by atoms with van der Waals surface area (Å²) in [6, 6.07) is 0. The number of hydrogen-bond acceptors (Lipinski definition) is 2. The van der Waals surface area contributed by atoms with Gasteiger partial charge in [0.15, 0.2) is 0 Å². The first-order valence-corrected chi connectivity index (χ1v) is 4.29. The summed E-state index contributed by atoms with van der Waals surface area (Å²) in [5.74, 6) is -2.45. The number of carbonyl (C=O) groups is 2. The quantitative estimate of drug-likeness (QED) is 0.717. The summed E-state index contributed by atoms with van der Waals surface area (Å²) < 4.78 is 24.0. The molecule has 0 aromatic carbocycles. The lowest BCUT2D eigenvalue weighted by atomic mass is 10.3. The highest BCUT2D eigenvalue weighted by Gasteiger charge is 2.31. The predicted octanol–water partition coefficient (Wildman–Crippen LogP) is 0.575. The van der Waals surface area contributed by atoms with Gasteiger partial charge in [-0.3, -0.25) is 9.59 Å². The van der Waals surface area contributed by atoms with Crippen LogP contribution in [0.3, 0.4) is 0 Å². The predicted molar refractivity (Wildman–Crippen MR) is 42.9 cm³/mol. The van der Waals surface area contributed by atoms with Crippen LogP contribution in [0.15, 0.2) is 0 Å². The fourth-order valence-corrected chi connectivity index (χ4v) is 1.15. The molecule has 0 bridgehead atoms. The van der Waals surface area contributed by atoms with E-state index in [4.69, 9.17) is 5.11 Å². The molecule has 0 heterocycles. The number of nitrogens with zero attached hydrogens (tertiary/aromatic N) is 1. The molecule has 0 unspecified atom stereocenters. The van der Waals surface area contributed by atoms with Crippen LogP contribution < -0.4 is 0 Å². The zero-order valence-electron chi connectivity index (χ0n) is 7.45. The lowest BCUT2D eigenvalue weighted by Crippen LogP contribution is -2.40. The van der Waals surface area contributed by atoms with Gasteiger partial charge >= 0.3 is 12.4 Å². The van der Waals surface area contributed by atoms with Crippen LogP contribution >= 0.6 is 0 Å². The Morgan fingerprint density at radius 2 is 2.00 bits per heavy atom. The first-order chi connectivity index (χ1) is 6.50. The Kier molecular flexibility index (Phi) is 3.38. The SMILES string of the molecule is O=C(O)CN(CC1CC1)C(=O)C(F)F. The van der Waals surface area contributed by atoms with Crippen molar-refractivity contribution in [3.05, 3.63) is 0 Å². The molecule has 0 aromatic heterocycles. The highest BCUT2D eigenvalue weighted by molar-refractivity contribution is 5.83. The number of alkyl halides is 2. The minimum absolute atomic E-state index is 0.134. The van der Waals surface area contributed by atoms with Crippen molar-refractivity contribution < 1.29 is 23.5 Å². The maximum absolute atomic E-state index is 12.0. The summed E-state index contributed by atoms with van der Waals surface area (Å²) in [7, 11) is 0. The van der Waals surface area contributed by atoms with Crippen molar-refractivity contribution in [2.45, 2.75) is 19.3 Å². The first kappa shape index (κ1) is 10.9. The van der Waals surface area contributed by atoms with Crippen LogP contribution in [0.25, 0.3) is 0 Å². The van der Waals surface area contributed by atoms with Gasteiger partial charge in [-0.2, -0.15) is 8.78 Å². The molecule has 0 spiro atoms. The third-order valence-corrected chi connectivity index (χ3v) is 2.00. The number of carboxylic acid groups (broad SMARTS) is 1. The fraction of sp³-hybridized carbons (Fsp3) is 0.750. The standard InChI is InChI=1S/C8H11F2NO3/c9-7(10)8(14)11(4-6(12)13)3-5-1-2-5/h5,7H,1-4H2,(H,12,13). The van der Waals surface area contributed by atoms with Crippen molar-refractivity contribution in [2.75, 3.05) is 13.1 Å². The average Bonchev–Trinajstić information content (AvgIpc) is 2.84. The van der Waals surface area contributed by atoms with Crippen LogP contribution in [0.1, 0.15) is 12.8 Å². The van der Waals surface area contributed by atoms with E-state index in [-0.39, 0.29) is 12.5 Å². The van der Waals surface area contributed by atoms with Gasteiger partial charge < -0.3 is 10.0 Å². The van der Waals surface area contributed by atoms with Crippen LogP contribution in [0, 0.1) is 5.92 Å². The number of amides is 1. The van der Waals surface area contributed by atoms with Gasteiger partial charge in [0.25, 0.3) is 5.91 Å². The van der Waals surface area contributed by atoms with Crippen molar-refractivity contribution in [1.82, 2.24) is 4.90 Å². The van der Waals surface area contributed by atoms with Crippen LogP contribution in [0.5, 0.6) is 0 Å². The van der Waals surface area contributed by atoms with E-state index >= 15 is 0 Å². The van der Waals surface area contributed by atoms with E-state index in [1.807, 2.05) is 0 Å². The van der Waals surface area contributed by atoms with Gasteiger partial charge in [0.05, 0.1) is 0 Å². The van der Waals surface area contributed by atoms with Gasteiger partial charge in [0.2, 0.25) is 0 Å². The molecule has 0 aromatic rings. The molecule has 0 radical (unpaired) electrons. The third-order valence-electron chi connectivity index (χ3n) is 2.00. The maximum atomic E-state index is 12.0. The summed E-state index contributed by atoms with van der Waals surface area (Å²) in [5, 5.41) is 8.41. The molecule has 1 aliphatic carbocycles. The first-order valence-electron chi connectivity index (χ1n) is 4.29. The lowest BCUT2D eigenvalue weighted by Gasteiger charge is -2.19. The van der Waals surface area contributed by atoms with Gasteiger partial charge in [0, 0.05) is 6.54 Å². The molecule has 1 rings (SSSR count). The smallest absolute Gasteiger partial charge is 0.323 e. The topological polar surface area (TPSA) is 57.6 Å². The lowest BCUT2D eigenvalue weighted by molar-refractivity contribution is -0.150. The molecule has 14 heavy (non-hydrogen) atoms. The summed E-state index contributed by atoms with van der Waals surface area (Å²) in [6.45, 7) is -0.505. The summed E-state index contributed by atoms with van der Waals surface area (Å²) in [6.07, 6.45) is -1.35. The second kappa shape index (κ2) is 4.34. The Bertz CT molecular complexity index is 241. The zero-order valence-corrected chi connectivity index (χ0v) is 7.45. The number of carboxylic acids is 1. The van der Waals surface area contributed by atoms with Gasteiger partial charge in [-0.15, -0.1) is 0 Å². The van der Waals surface area contributed by atoms with E-state index in [1.54, 1.807) is 0 Å². The Labute approximate surface area is 79.5 Å². The van der Waals surface area contributed by atoms with Crippen LogP contribution in [-0.4, -0.2) is 41.4 Å². The second-order valence-corrected chi connectivity index (χ2v) is 3.36. The monoisotopic (exact) mass is 207 g/mol. The highest BCUT2D eigenvalue weighted by atomic mass is 19.3. The van der Waals surface area contributed by atoms with E-state index in [2.05, 4.69) is 0 Å². The molecule has 0 atom stereocenters. The molecule has 1 aliphatic rings. The minimum Gasteiger partial charge on any atom is -0.480 e. The Hall–Kier alpha value is -1.20. The fourth-order valence-electron chi connectivity index (χ4n) is 1.15. The number of hydrogen-bond donors (Lipinski definition) is 1. The molecular formula is C8H11F2NO3. The van der Waals surface area contributed by atoms with E-state index < -0.39 is 24.8 Å². The number of halogens is 2. The second-order valence-electron chi connectivity index (χ2n) is 3.36. The Morgan fingerprint density at radius 3 is 2.36 bits per heavy atom. The molecule has 0 aliphatic heterocycles. The van der Waals surface area contributed by atoms with Crippen molar-refractivity contribution in [2.24, 2.45) is 5.92 Å². The molecule has 0 saturated heterocycles. The van der Waals surface area contributed by atoms with E-state index in [0.717, 1.165) is 12.8 Å². The van der Waals surface area contributed by atoms with Crippen molar-refractivity contribution >= 4 is 11.9 Å². The summed E-state index contributed by atoms with van der Waals surface area (Å²) in [4.78, 5) is 21.9. The van der Waals surface area contributed by atoms with E-state index in [9.17, 15) is 18.4 Å². The molecule has 4 nitrogen and oxygen atoms in total. The molecule has 1 amide bonds. The largest absolute Gasteiger partial charge is 0.480 e. The summed E-state index contributed by atoms with van der Waals surface area (Å²) >= 11 is 0. The zero-order chi connectivity index (χ0) is 10.7. The molecule has 1 N–H and O–H groups in total. The number of aliphatic carboxylic acids is 1. The van der Waals surface area contributed by atoms with Crippen LogP contribution in [0.2, 0.25) is 0 Å². The van der Waals surface area contributed by atoms with Crippen LogP contribution in [0.4, 0.5) is 8.78 Å². The van der Waals surface area contributed by atoms with Gasteiger partial charge in [0.1, 0.15) is 6.54 Å². The Morgan fingerprint density at radius 1 is 1.43 bits per heavy atom. The van der Waals surface area contributed by atoms with Gasteiger partial charge in [-0.1, -0.05) is 0 Å². The Balaban J connectivity index is 2.49. The average molecular weight is 207 g/mol. The number of carbonyl (C=O) groups excluding carboxylic acids is 1. The van der Waals surface area contributed by atoms with Crippen molar-refractivity contribution in [3.63, 3.8) is 0 Å². The molecule has 80 valence electrons. The summed E-state index contributed by atoms with van der Waals surface area (Å²) in [5.41, 5.74) is 0. The number of rotatable bonds is 5. The van der Waals surface area contributed by atoms with E-state index in [1.165, 1.54) is 0 Å². The maximum Gasteiger partial charge on any atom is 0.323 e. The highest BCUT2D eigenvalue weighted by Crippen LogP contribution is 2.29. The normalized spacial score (nSPS) is 15.6. The minimum atomic E-state index is -3.12.